The van der Waals surface area contributed by atoms with Crippen molar-refractivity contribution in [1.29, 1.82) is 5.26 Å². The van der Waals surface area contributed by atoms with Crippen LogP contribution >= 0.6 is 0 Å². The Balaban J connectivity index is 4.31. The molecule has 7 heteroatoms. The predicted octanol–water partition coefficient (Wildman–Crippen LogP) is 2.17. The summed E-state index contributed by atoms with van der Waals surface area (Å²) in [5, 5.41) is 14.2. The molecule has 0 aromatic rings. The van der Waals surface area contributed by atoms with Crippen LogP contribution in [0.5, 0.6) is 0 Å². The molecule has 7 nitrogen and oxygen atoms in total. The highest BCUT2D eigenvalue weighted by Crippen LogP contribution is 2.09. The average Bonchev–Trinajstić information content (AvgIpc) is 2.25. The smallest absolute Gasteiger partial charge is 0.407 e. The van der Waals surface area contributed by atoms with Crippen LogP contribution in [0, 0.1) is 17.2 Å². The zero-order valence-corrected chi connectivity index (χ0v) is 13.5. The van der Waals surface area contributed by atoms with E-state index in [0.29, 0.717) is 0 Å². The van der Waals surface area contributed by atoms with E-state index in [1.54, 1.807) is 41.5 Å². The second kappa shape index (κ2) is 8.35. The van der Waals surface area contributed by atoms with Gasteiger partial charge in [0.15, 0.2) is 0 Å². The molecule has 0 fully saturated rings. The van der Waals surface area contributed by atoms with Crippen LogP contribution in [0.3, 0.4) is 0 Å². The highest BCUT2D eigenvalue weighted by atomic mass is 16.6. The summed E-state index contributed by atoms with van der Waals surface area (Å²) in [4.78, 5) is 23.0. The van der Waals surface area contributed by atoms with Gasteiger partial charge in [-0.15, -0.1) is 0 Å². The number of nitriles is 1. The van der Waals surface area contributed by atoms with Crippen molar-refractivity contribution in [1.82, 2.24) is 10.6 Å². The molecule has 2 unspecified atom stereocenters. The van der Waals surface area contributed by atoms with Gasteiger partial charge < -0.3 is 20.1 Å². The number of nitrogens with one attached hydrogen (secondary N) is 2. The average molecular weight is 299 g/mol. The fourth-order valence-electron chi connectivity index (χ4n) is 1.33. The summed E-state index contributed by atoms with van der Waals surface area (Å²) < 4.78 is 10.0. The SMILES string of the molecule is CC(C)NC(=O)OCC(C#N)C(C)NC(=O)OC(C)(C)C. The lowest BCUT2D eigenvalue weighted by Crippen LogP contribution is -2.43. The number of rotatable bonds is 5. The van der Waals surface area contributed by atoms with Gasteiger partial charge in [0.25, 0.3) is 0 Å². The summed E-state index contributed by atoms with van der Waals surface area (Å²) >= 11 is 0. The van der Waals surface area contributed by atoms with E-state index in [1.165, 1.54) is 0 Å². The van der Waals surface area contributed by atoms with Gasteiger partial charge in [0.2, 0.25) is 0 Å². The van der Waals surface area contributed by atoms with E-state index in [4.69, 9.17) is 14.7 Å². The number of carbonyl (C=O) groups excluding carboxylic acids is 2. The van der Waals surface area contributed by atoms with Crippen molar-refractivity contribution >= 4 is 12.2 Å². The molecule has 0 aromatic heterocycles. The lowest BCUT2D eigenvalue weighted by molar-refractivity contribution is 0.0487. The quantitative estimate of drug-likeness (QED) is 0.810. The number of carbonyl (C=O) groups is 2. The number of hydrogen-bond acceptors (Lipinski definition) is 5. The standard InChI is InChI=1S/C14H25N3O4/c1-9(2)16-12(18)20-8-11(7-15)10(3)17-13(19)21-14(4,5)6/h9-11H,8H2,1-6H3,(H,16,18)(H,17,19). The second-order valence-corrected chi connectivity index (χ2v) is 6.07. The van der Waals surface area contributed by atoms with Gasteiger partial charge in [-0.3, -0.25) is 0 Å². The first kappa shape index (κ1) is 19.0. The Kier molecular flexibility index (Phi) is 7.56. The highest BCUT2D eigenvalue weighted by molar-refractivity contribution is 5.68. The molecule has 0 rings (SSSR count). The largest absolute Gasteiger partial charge is 0.448 e. The molecule has 0 aliphatic heterocycles. The minimum absolute atomic E-state index is 0.0460. The third-order valence-electron chi connectivity index (χ3n) is 2.31. The number of alkyl carbamates (subject to hydrolysis) is 2. The van der Waals surface area contributed by atoms with Crippen LogP contribution in [0.1, 0.15) is 41.5 Å². The third-order valence-corrected chi connectivity index (χ3v) is 2.31. The molecule has 0 saturated heterocycles. The van der Waals surface area contributed by atoms with E-state index in [-0.39, 0.29) is 12.6 Å². The molecule has 0 bridgehead atoms. The van der Waals surface area contributed by atoms with Gasteiger partial charge in [-0.25, -0.2) is 9.59 Å². The van der Waals surface area contributed by atoms with Crippen LogP contribution < -0.4 is 10.6 Å². The monoisotopic (exact) mass is 299 g/mol. The molecule has 2 amide bonds. The lowest BCUT2D eigenvalue weighted by Gasteiger charge is -2.23. The lowest BCUT2D eigenvalue weighted by atomic mass is 10.0. The topological polar surface area (TPSA) is 100 Å². The molecule has 120 valence electrons. The Bertz CT molecular complexity index is 396. The maximum atomic E-state index is 11.6. The molecular formula is C14H25N3O4. The Morgan fingerprint density at radius 3 is 2.14 bits per heavy atom. The normalized spacial score (nSPS) is 13.8. The molecule has 0 aliphatic carbocycles. The van der Waals surface area contributed by atoms with E-state index in [9.17, 15) is 9.59 Å². The van der Waals surface area contributed by atoms with Crippen LogP contribution in [0.2, 0.25) is 0 Å². The number of nitrogens with zero attached hydrogens (tertiary/aromatic N) is 1. The molecular weight excluding hydrogens is 274 g/mol. The van der Waals surface area contributed by atoms with Crippen LogP contribution in [0.25, 0.3) is 0 Å². The minimum Gasteiger partial charge on any atom is -0.448 e. The molecule has 0 radical (unpaired) electrons. The maximum Gasteiger partial charge on any atom is 0.407 e. The van der Waals surface area contributed by atoms with Crippen molar-refractivity contribution < 1.29 is 19.1 Å². The number of amides is 2. The maximum absolute atomic E-state index is 11.6. The summed E-state index contributed by atoms with van der Waals surface area (Å²) in [5.74, 6) is -0.657. The number of ether oxygens (including phenoxy) is 2. The van der Waals surface area contributed by atoms with Crippen molar-refractivity contribution in [3.05, 3.63) is 0 Å². The van der Waals surface area contributed by atoms with Crippen molar-refractivity contribution in [2.24, 2.45) is 5.92 Å². The van der Waals surface area contributed by atoms with Gasteiger partial charge in [-0.05, 0) is 41.5 Å². The van der Waals surface area contributed by atoms with Crippen molar-refractivity contribution in [3.63, 3.8) is 0 Å². The summed E-state index contributed by atoms with van der Waals surface area (Å²) in [6.07, 6.45) is -1.20. The Morgan fingerprint density at radius 1 is 1.14 bits per heavy atom. The summed E-state index contributed by atoms with van der Waals surface area (Å²) in [5.41, 5.74) is -0.612. The van der Waals surface area contributed by atoms with Gasteiger partial charge >= 0.3 is 12.2 Å². The van der Waals surface area contributed by atoms with Gasteiger partial charge in [-0.2, -0.15) is 5.26 Å². The minimum atomic E-state index is -0.657. The van der Waals surface area contributed by atoms with Crippen molar-refractivity contribution in [3.8, 4) is 6.07 Å². The summed E-state index contributed by atoms with van der Waals surface area (Å²) in [7, 11) is 0. The first-order valence-electron chi connectivity index (χ1n) is 6.87. The zero-order chi connectivity index (χ0) is 16.6. The molecule has 0 heterocycles. The van der Waals surface area contributed by atoms with Gasteiger partial charge in [0.05, 0.1) is 6.07 Å². The zero-order valence-electron chi connectivity index (χ0n) is 13.5. The second-order valence-electron chi connectivity index (χ2n) is 6.07. The highest BCUT2D eigenvalue weighted by Gasteiger charge is 2.23. The summed E-state index contributed by atoms with van der Waals surface area (Å²) in [6.45, 7) is 10.4. The first-order chi connectivity index (χ1) is 9.55. The van der Waals surface area contributed by atoms with Crippen LogP contribution in [0.15, 0.2) is 0 Å². The van der Waals surface area contributed by atoms with Crippen LogP contribution in [-0.2, 0) is 9.47 Å². The fourth-order valence-corrected chi connectivity index (χ4v) is 1.33. The third kappa shape index (κ3) is 9.55. The molecule has 0 aliphatic rings. The van der Waals surface area contributed by atoms with Gasteiger partial charge in [0, 0.05) is 12.1 Å². The van der Waals surface area contributed by atoms with Crippen LogP contribution in [-0.4, -0.2) is 36.5 Å². The van der Waals surface area contributed by atoms with Gasteiger partial charge in [0.1, 0.15) is 18.1 Å². The molecule has 21 heavy (non-hydrogen) atoms. The van der Waals surface area contributed by atoms with E-state index in [1.807, 2.05) is 6.07 Å². The molecule has 0 aromatic carbocycles. The van der Waals surface area contributed by atoms with E-state index in [2.05, 4.69) is 10.6 Å². The first-order valence-corrected chi connectivity index (χ1v) is 6.87. The molecule has 0 spiro atoms. The molecule has 2 N–H and O–H groups in total. The fraction of sp³-hybridized carbons (Fsp3) is 0.786. The molecule has 0 saturated carbocycles. The predicted molar refractivity (Wildman–Crippen MR) is 77.6 cm³/mol. The Hall–Kier alpha value is -1.97. The van der Waals surface area contributed by atoms with E-state index in [0.717, 1.165) is 0 Å². The van der Waals surface area contributed by atoms with E-state index >= 15 is 0 Å². The van der Waals surface area contributed by atoms with E-state index < -0.39 is 29.7 Å². The van der Waals surface area contributed by atoms with Crippen molar-refractivity contribution in [2.75, 3.05) is 6.61 Å². The Labute approximate surface area is 126 Å². The number of hydrogen-bond donors (Lipinski definition) is 2. The molecule has 2 atom stereocenters. The van der Waals surface area contributed by atoms with Crippen molar-refractivity contribution in [2.45, 2.75) is 59.2 Å². The van der Waals surface area contributed by atoms with Gasteiger partial charge in [-0.1, -0.05) is 0 Å². The summed E-state index contributed by atoms with van der Waals surface area (Å²) in [6, 6.07) is 1.45. The Morgan fingerprint density at radius 2 is 1.71 bits per heavy atom. The van der Waals surface area contributed by atoms with Crippen LogP contribution in [0.4, 0.5) is 9.59 Å².